The lowest BCUT2D eigenvalue weighted by molar-refractivity contribution is -0.120. The summed E-state index contributed by atoms with van der Waals surface area (Å²) in [7, 11) is 0. The zero-order valence-electron chi connectivity index (χ0n) is 26.7. The van der Waals surface area contributed by atoms with Crippen LogP contribution in [0.1, 0.15) is 70.4 Å². The van der Waals surface area contributed by atoms with E-state index < -0.39 is 5.92 Å². The highest BCUT2D eigenvalue weighted by molar-refractivity contribution is 6.07. The zero-order valence-corrected chi connectivity index (χ0v) is 26.7. The molecule has 1 heterocycles. The lowest BCUT2D eigenvalue weighted by Crippen LogP contribution is -2.45. The first-order valence-corrected chi connectivity index (χ1v) is 15.9. The summed E-state index contributed by atoms with van der Waals surface area (Å²) in [5.41, 5.74) is 5.73. The number of hydrogen-bond donors (Lipinski definition) is 1. The molecule has 45 heavy (non-hydrogen) atoms. The molecular weight excluding hydrogens is 560 g/mol. The normalized spacial score (nSPS) is 19.2. The number of para-hydroxylation sites is 2. The van der Waals surface area contributed by atoms with Crippen LogP contribution >= 0.6 is 0 Å². The average Bonchev–Trinajstić information content (AvgIpc) is 2.99. The molecule has 0 bridgehead atoms. The van der Waals surface area contributed by atoms with Crippen molar-refractivity contribution in [1.29, 1.82) is 0 Å². The summed E-state index contributed by atoms with van der Waals surface area (Å²) < 4.78 is 6.17. The number of anilines is 1. The van der Waals surface area contributed by atoms with Gasteiger partial charge in [-0.05, 0) is 53.9 Å². The van der Waals surface area contributed by atoms with Crippen molar-refractivity contribution in [1.82, 2.24) is 4.90 Å². The Balaban J connectivity index is 1.43. The molecule has 0 unspecified atom stereocenters. The third kappa shape index (κ3) is 6.51. The van der Waals surface area contributed by atoms with E-state index in [1.807, 2.05) is 60.7 Å². The summed E-state index contributed by atoms with van der Waals surface area (Å²) in [6.07, 6.45) is 3.12. The van der Waals surface area contributed by atoms with E-state index in [-0.39, 0.29) is 34.9 Å². The second kappa shape index (κ2) is 12.2. The molecule has 3 aliphatic rings. The van der Waals surface area contributed by atoms with Crippen molar-refractivity contribution in [2.75, 3.05) is 18.5 Å². The van der Waals surface area contributed by atoms with Gasteiger partial charge < -0.3 is 15.0 Å². The van der Waals surface area contributed by atoms with Crippen LogP contribution in [0.4, 0.5) is 5.69 Å². The molecule has 1 amide bonds. The molecule has 6 nitrogen and oxygen atoms in total. The maximum atomic E-state index is 14.2. The molecule has 0 saturated carbocycles. The van der Waals surface area contributed by atoms with E-state index in [4.69, 9.17) is 4.74 Å². The van der Waals surface area contributed by atoms with Crippen LogP contribution in [0.3, 0.4) is 0 Å². The lowest BCUT2D eigenvalue weighted by atomic mass is 9.63. The Bertz CT molecular complexity index is 1630. The highest BCUT2D eigenvalue weighted by Gasteiger charge is 2.49. The van der Waals surface area contributed by atoms with Crippen LogP contribution < -0.4 is 10.1 Å². The number of Topliss-reactive ketones (excluding diaryl/α,β-unsaturated/α-hetero) is 2. The van der Waals surface area contributed by atoms with E-state index in [0.717, 1.165) is 36.2 Å². The number of nitrogens with zero attached hydrogens (tertiary/aromatic N) is 1. The summed E-state index contributed by atoms with van der Waals surface area (Å²) >= 11 is 0. The first-order chi connectivity index (χ1) is 21.5. The van der Waals surface area contributed by atoms with Crippen molar-refractivity contribution in [3.8, 4) is 5.75 Å². The number of ether oxygens (including phenoxy) is 1. The maximum absolute atomic E-state index is 14.2. The van der Waals surface area contributed by atoms with Gasteiger partial charge in [0.2, 0.25) is 0 Å². The molecule has 6 heteroatoms. The van der Waals surface area contributed by atoms with Gasteiger partial charge in [-0.2, -0.15) is 0 Å². The number of allylic oxidation sites excluding steroid dienone is 4. The standard InChI is InChI=1S/C39H42N2O4/c1-38(2)21-29-36(31(42)23-38)35(28-17-11-12-18-33(28)45-25-34(44)40-27-15-9-6-10-16-27)37-30(22-39(3,4)24-32(37)43)41(29)20-19-26-13-7-5-8-14-26/h5-18,35H,19-25H2,1-4H3,(H,40,44). The third-order valence-electron chi connectivity index (χ3n) is 9.14. The largest absolute Gasteiger partial charge is 0.483 e. The van der Waals surface area contributed by atoms with Gasteiger partial charge >= 0.3 is 0 Å². The molecule has 232 valence electrons. The van der Waals surface area contributed by atoms with Gasteiger partial charge in [-0.3, -0.25) is 14.4 Å². The molecular formula is C39H42N2O4. The van der Waals surface area contributed by atoms with Crippen molar-refractivity contribution in [3.05, 3.63) is 119 Å². The quantitative estimate of drug-likeness (QED) is 0.287. The first kappa shape index (κ1) is 30.6. The predicted octanol–water partition coefficient (Wildman–Crippen LogP) is 7.63. The van der Waals surface area contributed by atoms with Crippen molar-refractivity contribution in [2.45, 2.75) is 65.7 Å². The van der Waals surface area contributed by atoms with Crippen LogP contribution in [0, 0.1) is 10.8 Å². The Labute approximate surface area is 266 Å². The summed E-state index contributed by atoms with van der Waals surface area (Å²) in [5.74, 6) is -0.146. The summed E-state index contributed by atoms with van der Waals surface area (Å²) in [6, 6.07) is 27.2. The predicted molar refractivity (Wildman–Crippen MR) is 177 cm³/mol. The average molecular weight is 603 g/mol. The smallest absolute Gasteiger partial charge is 0.262 e. The second-order valence-electron chi connectivity index (χ2n) is 14.2. The van der Waals surface area contributed by atoms with Crippen LogP contribution in [-0.2, 0) is 20.8 Å². The summed E-state index contributed by atoms with van der Waals surface area (Å²) in [4.78, 5) is 43.6. The monoisotopic (exact) mass is 602 g/mol. The number of hydrogen-bond acceptors (Lipinski definition) is 5. The van der Waals surface area contributed by atoms with Crippen molar-refractivity contribution >= 4 is 23.2 Å². The molecule has 0 fully saturated rings. The van der Waals surface area contributed by atoms with E-state index in [0.29, 0.717) is 42.0 Å². The SMILES string of the molecule is CC1(C)CC(=O)C2=C(C1)N(CCc1ccccc1)C1=C(C(=O)CC(C)(C)C1)C2c1ccccc1OCC(=O)Nc1ccccc1. The molecule has 0 saturated heterocycles. The molecule has 1 N–H and O–H groups in total. The van der Waals surface area contributed by atoms with Crippen LogP contribution in [-0.4, -0.2) is 35.5 Å². The van der Waals surface area contributed by atoms with Crippen LogP contribution in [0.15, 0.2) is 107 Å². The van der Waals surface area contributed by atoms with Crippen molar-refractivity contribution < 1.29 is 19.1 Å². The van der Waals surface area contributed by atoms with E-state index in [1.165, 1.54) is 5.56 Å². The molecule has 1 aliphatic heterocycles. The van der Waals surface area contributed by atoms with Gasteiger partial charge in [-0.25, -0.2) is 0 Å². The fourth-order valence-electron chi connectivity index (χ4n) is 7.23. The minimum absolute atomic E-state index is 0.0803. The van der Waals surface area contributed by atoms with Gasteiger partial charge in [0.15, 0.2) is 18.2 Å². The van der Waals surface area contributed by atoms with Gasteiger partial charge in [0.05, 0.1) is 0 Å². The molecule has 0 spiro atoms. The molecule has 3 aromatic rings. The van der Waals surface area contributed by atoms with Crippen molar-refractivity contribution in [3.63, 3.8) is 0 Å². The zero-order chi connectivity index (χ0) is 31.8. The number of ketones is 2. The molecule has 2 aliphatic carbocycles. The highest BCUT2D eigenvalue weighted by atomic mass is 16.5. The third-order valence-corrected chi connectivity index (χ3v) is 9.14. The van der Waals surface area contributed by atoms with Crippen LogP contribution in [0.25, 0.3) is 0 Å². The Hall–Kier alpha value is -4.45. The Morgan fingerprint density at radius 2 is 1.29 bits per heavy atom. The molecule has 0 radical (unpaired) electrons. The van der Waals surface area contributed by atoms with E-state index in [1.54, 1.807) is 0 Å². The first-order valence-electron chi connectivity index (χ1n) is 15.9. The van der Waals surface area contributed by atoms with Gasteiger partial charge in [-0.1, -0.05) is 94.4 Å². The number of amides is 1. The van der Waals surface area contributed by atoms with E-state index >= 15 is 0 Å². The van der Waals surface area contributed by atoms with Gasteiger partial charge in [0, 0.05) is 59.1 Å². The Morgan fingerprint density at radius 1 is 0.756 bits per heavy atom. The second-order valence-corrected chi connectivity index (χ2v) is 14.2. The number of carbonyl (C=O) groups is 3. The van der Waals surface area contributed by atoms with Crippen LogP contribution in [0.2, 0.25) is 0 Å². The minimum atomic E-state index is -0.538. The molecule has 0 atom stereocenters. The van der Waals surface area contributed by atoms with Gasteiger partial charge in [-0.15, -0.1) is 0 Å². The van der Waals surface area contributed by atoms with E-state index in [9.17, 15) is 14.4 Å². The van der Waals surface area contributed by atoms with Gasteiger partial charge in [0.25, 0.3) is 5.91 Å². The maximum Gasteiger partial charge on any atom is 0.262 e. The fraction of sp³-hybridized carbons (Fsp3) is 0.359. The highest BCUT2D eigenvalue weighted by Crippen LogP contribution is 2.55. The Morgan fingerprint density at radius 3 is 1.89 bits per heavy atom. The Kier molecular flexibility index (Phi) is 8.25. The number of carbonyl (C=O) groups excluding carboxylic acids is 3. The fourth-order valence-corrected chi connectivity index (χ4v) is 7.23. The van der Waals surface area contributed by atoms with Crippen molar-refractivity contribution in [2.24, 2.45) is 10.8 Å². The number of benzene rings is 3. The number of nitrogens with one attached hydrogen (secondary N) is 1. The molecule has 6 rings (SSSR count). The van der Waals surface area contributed by atoms with Crippen LogP contribution in [0.5, 0.6) is 5.75 Å². The molecule has 0 aromatic heterocycles. The van der Waals surface area contributed by atoms with E-state index in [2.05, 4.69) is 62.2 Å². The summed E-state index contributed by atoms with van der Waals surface area (Å²) in [5, 5.41) is 2.87. The topological polar surface area (TPSA) is 75.7 Å². The number of rotatable bonds is 8. The van der Waals surface area contributed by atoms with Gasteiger partial charge in [0.1, 0.15) is 5.75 Å². The molecule has 3 aromatic carbocycles. The minimum Gasteiger partial charge on any atom is -0.483 e. The summed E-state index contributed by atoms with van der Waals surface area (Å²) in [6.45, 7) is 9.12. The lowest BCUT2D eigenvalue weighted by Gasteiger charge is -2.49.